The van der Waals surface area contributed by atoms with Crippen molar-refractivity contribution in [2.24, 2.45) is 11.3 Å². The van der Waals surface area contributed by atoms with E-state index in [4.69, 9.17) is 18.9 Å². The van der Waals surface area contributed by atoms with Gasteiger partial charge in [0.15, 0.2) is 23.7 Å². The number of methoxy groups -OCH3 is 1. The number of halogens is 3. The molecule has 3 heterocycles. The van der Waals surface area contributed by atoms with Crippen LogP contribution < -0.4 is 16.1 Å². The zero-order chi connectivity index (χ0) is 39.0. The zero-order valence-electron chi connectivity index (χ0n) is 30.5. The molecule has 292 valence electrons. The minimum absolute atomic E-state index is 0.119. The van der Waals surface area contributed by atoms with E-state index >= 15 is 0 Å². The summed E-state index contributed by atoms with van der Waals surface area (Å²) in [6, 6.07) is 10.9. The number of carbonyl (C=O) groups excluding carboxylic acids is 3. The van der Waals surface area contributed by atoms with E-state index in [1.54, 1.807) is 33.2 Å². The van der Waals surface area contributed by atoms with Gasteiger partial charge in [-0.2, -0.15) is 0 Å². The van der Waals surface area contributed by atoms with Crippen molar-refractivity contribution < 1.29 is 51.6 Å². The number of rotatable bonds is 14. The number of nitrogens with zero attached hydrogens (tertiary/aromatic N) is 2. The van der Waals surface area contributed by atoms with Gasteiger partial charge in [-0.05, 0) is 59.1 Å². The summed E-state index contributed by atoms with van der Waals surface area (Å²) in [5.41, 5.74) is 4.22. The van der Waals surface area contributed by atoms with Crippen LogP contribution in [0, 0.1) is 28.8 Å². The molecular formula is C38H46F3N5O8. The van der Waals surface area contributed by atoms with Crippen molar-refractivity contribution in [2.45, 2.75) is 70.6 Å². The predicted molar refractivity (Wildman–Crippen MR) is 189 cm³/mol. The Balaban J connectivity index is 1.38. The minimum Gasteiger partial charge on any atom is -0.453 e. The Morgan fingerprint density at radius 1 is 1.00 bits per heavy atom. The van der Waals surface area contributed by atoms with E-state index < -0.39 is 71.5 Å². The maximum Gasteiger partial charge on any atom is 0.407 e. The van der Waals surface area contributed by atoms with E-state index in [2.05, 4.69) is 21.0 Å². The number of carbonyl (C=O) groups is 3. The molecule has 13 nitrogen and oxygen atoms in total. The average molecular weight is 758 g/mol. The summed E-state index contributed by atoms with van der Waals surface area (Å²) < 4.78 is 64.1. The normalized spacial score (nSPS) is 19.8. The lowest BCUT2D eigenvalue weighted by Crippen LogP contribution is -2.59. The quantitative estimate of drug-likeness (QED) is 0.138. The maximum absolute atomic E-state index is 14.7. The van der Waals surface area contributed by atoms with Gasteiger partial charge < -0.3 is 34.7 Å². The molecule has 0 bridgehead atoms. The first kappa shape index (κ1) is 40.4. The molecule has 1 aromatic heterocycles. The number of amides is 3. The number of benzene rings is 2. The Morgan fingerprint density at radius 3 is 2.44 bits per heavy atom. The highest BCUT2D eigenvalue weighted by molar-refractivity contribution is 5.86. The average Bonchev–Trinajstić information content (AvgIpc) is 3.77. The lowest BCUT2D eigenvalue weighted by Gasteiger charge is -2.34. The van der Waals surface area contributed by atoms with Crippen LogP contribution in [0.15, 0.2) is 60.9 Å². The number of nitrogens with one attached hydrogen (secondary N) is 3. The van der Waals surface area contributed by atoms with Gasteiger partial charge in [-0.25, -0.2) is 27.8 Å². The van der Waals surface area contributed by atoms with Gasteiger partial charge in [0.2, 0.25) is 0 Å². The predicted octanol–water partition coefficient (Wildman–Crippen LogP) is 4.27. The third-order valence-corrected chi connectivity index (χ3v) is 9.43. The molecule has 6 atom stereocenters. The molecule has 2 fully saturated rings. The highest BCUT2D eigenvalue weighted by Crippen LogP contribution is 2.33. The number of hydrogen-bond donors (Lipinski definition) is 4. The Morgan fingerprint density at radius 2 is 1.76 bits per heavy atom. The van der Waals surface area contributed by atoms with Crippen LogP contribution in [0.5, 0.6) is 0 Å². The van der Waals surface area contributed by atoms with E-state index in [1.807, 2.05) is 36.4 Å². The summed E-state index contributed by atoms with van der Waals surface area (Å²) in [5, 5.41) is 18.3. The van der Waals surface area contributed by atoms with Crippen molar-refractivity contribution in [1.82, 2.24) is 26.1 Å². The summed E-state index contributed by atoms with van der Waals surface area (Å²) in [7, 11) is 1.15. The second-order valence-corrected chi connectivity index (χ2v) is 14.4. The van der Waals surface area contributed by atoms with Crippen LogP contribution in [0.4, 0.5) is 22.8 Å². The van der Waals surface area contributed by atoms with Gasteiger partial charge in [0.1, 0.15) is 12.1 Å². The molecule has 2 saturated heterocycles. The number of fused-ring (bicyclic) bond motifs is 1. The Labute approximate surface area is 311 Å². The van der Waals surface area contributed by atoms with Crippen LogP contribution in [0.1, 0.15) is 38.3 Å². The standard InChI is InChI=1S/C38H46F3N5O8/c1-38(2,3)33(44-36(49)51-4)34(48)45-46(16-13-24-11-12-27(39)32(41)31(24)40)20-29(47)28(43-37(50)54-30-21-53-35-26(30)14-17-52-35)18-22-7-9-23(10-8-22)25-6-5-15-42-19-25/h5-12,15,19,26,28-30,33,35,47H,13-14,16-18,20-21H2,1-4H3,(H,43,50)(H,44,49)(H,45,48)/t26-,28-,29-,30-,33+,35+/m0/s1. The van der Waals surface area contributed by atoms with Crippen molar-refractivity contribution in [3.8, 4) is 11.1 Å². The van der Waals surface area contributed by atoms with Crippen LogP contribution in [-0.4, -0.2) is 97.2 Å². The zero-order valence-corrected chi connectivity index (χ0v) is 30.5. The van der Waals surface area contributed by atoms with Crippen LogP contribution in [0.25, 0.3) is 11.1 Å². The third-order valence-electron chi connectivity index (χ3n) is 9.43. The summed E-state index contributed by atoms with van der Waals surface area (Å²) in [6.07, 6.45) is -0.117. The molecule has 5 rings (SSSR count). The van der Waals surface area contributed by atoms with Crippen molar-refractivity contribution >= 4 is 18.1 Å². The van der Waals surface area contributed by atoms with Crippen molar-refractivity contribution in [1.29, 1.82) is 0 Å². The maximum atomic E-state index is 14.7. The van der Waals surface area contributed by atoms with Gasteiger partial charge in [-0.3, -0.25) is 15.2 Å². The van der Waals surface area contributed by atoms with Gasteiger partial charge in [-0.1, -0.05) is 57.2 Å². The van der Waals surface area contributed by atoms with Gasteiger partial charge in [0.25, 0.3) is 5.91 Å². The van der Waals surface area contributed by atoms with E-state index in [9.17, 15) is 32.7 Å². The number of aliphatic hydroxyl groups is 1. The molecule has 3 amide bonds. The number of aromatic nitrogens is 1. The number of ether oxygens (including phenoxy) is 4. The van der Waals surface area contributed by atoms with Crippen LogP contribution in [0.2, 0.25) is 0 Å². The number of aliphatic hydroxyl groups excluding tert-OH is 1. The fourth-order valence-electron chi connectivity index (χ4n) is 6.41. The summed E-state index contributed by atoms with van der Waals surface area (Å²) in [5.74, 6) is -5.21. The highest BCUT2D eigenvalue weighted by atomic mass is 19.2. The van der Waals surface area contributed by atoms with Gasteiger partial charge in [0, 0.05) is 25.5 Å². The molecule has 0 radical (unpaired) electrons. The first-order valence-corrected chi connectivity index (χ1v) is 17.6. The van der Waals surface area contributed by atoms with Crippen LogP contribution in [-0.2, 0) is 36.6 Å². The van der Waals surface area contributed by atoms with E-state index in [-0.39, 0.29) is 44.0 Å². The fourth-order valence-corrected chi connectivity index (χ4v) is 6.41. The summed E-state index contributed by atoms with van der Waals surface area (Å²) in [6.45, 7) is 5.24. The molecule has 2 aromatic carbocycles. The van der Waals surface area contributed by atoms with E-state index in [0.717, 1.165) is 35.9 Å². The summed E-state index contributed by atoms with van der Waals surface area (Å²) >= 11 is 0. The highest BCUT2D eigenvalue weighted by Gasteiger charge is 2.44. The molecule has 3 aromatic rings. The molecule has 54 heavy (non-hydrogen) atoms. The SMILES string of the molecule is COC(=O)N[C@H](C(=O)NN(CCc1ccc(F)c(F)c1F)C[C@H](O)[C@H](Cc1ccc(-c2cccnc2)cc1)NC(=O)O[C@H]1CO[C@H]2OCC[C@H]21)C(C)(C)C. The first-order chi connectivity index (χ1) is 25.7. The van der Waals surface area contributed by atoms with Gasteiger partial charge >= 0.3 is 12.2 Å². The minimum atomic E-state index is -1.64. The topological polar surface area (TPSA) is 161 Å². The number of alkyl carbamates (subject to hydrolysis) is 2. The smallest absolute Gasteiger partial charge is 0.407 e. The van der Waals surface area contributed by atoms with Crippen LogP contribution >= 0.6 is 0 Å². The molecule has 2 aliphatic rings. The first-order valence-electron chi connectivity index (χ1n) is 17.6. The second kappa shape index (κ2) is 18.0. The van der Waals surface area contributed by atoms with Crippen LogP contribution in [0.3, 0.4) is 0 Å². The Kier molecular flexibility index (Phi) is 13.5. The largest absolute Gasteiger partial charge is 0.453 e. The molecule has 0 aliphatic carbocycles. The lowest BCUT2D eigenvalue weighted by molar-refractivity contribution is -0.131. The van der Waals surface area contributed by atoms with Gasteiger partial charge in [-0.15, -0.1) is 0 Å². The molecule has 0 spiro atoms. The third kappa shape index (κ3) is 10.5. The fraction of sp³-hybridized carbons (Fsp3) is 0.474. The summed E-state index contributed by atoms with van der Waals surface area (Å²) in [4.78, 5) is 43.3. The van der Waals surface area contributed by atoms with E-state index in [1.165, 1.54) is 5.01 Å². The molecular weight excluding hydrogens is 711 g/mol. The van der Waals surface area contributed by atoms with Crippen molar-refractivity contribution in [3.63, 3.8) is 0 Å². The number of hydrogen-bond acceptors (Lipinski definition) is 10. The Hall–Kier alpha value is -4.77. The van der Waals surface area contributed by atoms with Crippen molar-refractivity contribution in [2.75, 3.05) is 33.4 Å². The van der Waals surface area contributed by atoms with E-state index in [0.29, 0.717) is 13.0 Å². The monoisotopic (exact) mass is 757 g/mol. The number of hydrazine groups is 1. The molecule has 0 unspecified atom stereocenters. The molecule has 2 aliphatic heterocycles. The molecule has 0 saturated carbocycles. The van der Waals surface area contributed by atoms with Gasteiger partial charge in [0.05, 0.1) is 38.4 Å². The molecule has 16 heteroatoms. The number of pyridine rings is 1. The van der Waals surface area contributed by atoms with Crippen molar-refractivity contribution in [3.05, 3.63) is 89.5 Å². The molecule has 4 N–H and O–H groups in total. The second-order valence-electron chi connectivity index (χ2n) is 14.4. The lowest BCUT2D eigenvalue weighted by atomic mass is 9.86. The Bertz CT molecular complexity index is 1750.